The van der Waals surface area contributed by atoms with Crippen molar-refractivity contribution in [1.29, 1.82) is 0 Å². The third-order valence-electron chi connectivity index (χ3n) is 27.7. The molecule has 142 heavy (non-hydrogen) atoms. The molecule has 17 rings (SSSR count). The summed E-state index contributed by atoms with van der Waals surface area (Å²) in [5, 5.41) is 11.0. The number of aryl methyl sites for hydroxylation is 8. The molecule has 4 saturated heterocycles. The summed E-state index contributed by atoms with van der Waals surface area (Å²) < 4.78 is 181. The van der Waals surface area contributed by atoms with E-state index in [1.54, 1.807) is 133 Å². The van der Waals surface area contributed by atoms with Crippen LogP contribution in [0.1, 0.15) is 191 Å². The Morgan fingerprint density at radius 1 is 0.380 bits per heavy atom. The van der Waals surface area contributed by atoms with E-state index in [1.807, 2.05) is 6.92 Å². The number of rotatable bonds is 16. The third kappa shape index (κ3) is 21.9. The first-order valence-electron chi connectivity index (χ1n) is 44.9. The van der Waals surface area contributed by atoms with Crippen molar-refractivity contribution in [3.63, 3.8) is 0 Å². The van der Waals surface area contributed by atoms with Crippen LogP contribution in [0.2, 0.25) is 40.2 Å². The standard InChI is InChI=1S/C26H26Cl2F3N3O2.C25H23Cl2F4N3O2.C25H22Cl2F3N3O2.C24H22Cl2F3N3O3/c1-13-9-16(26(29,30)31)10-21-24(13)32-22(33(21)4)11-19-20(27)6-5-18(23(19)28)25(36)34-8-7-17(15(3)35)14(2)12-34;1-13-10-15(25(29,30)31)11-19-22(13)32-20(33(19)3)12-17-18(26)5-4-16(21(17)27)23(36)34-8-6-24(28,7-9-34)14(2)35;1-11-6-13(25(28,29)30)7-19-23(11)31-20(32(19)3)8-15-18(26)5-4-14(22(15)27)24(35)33-9-16-17(10-33)21(16)12(2)34;1-12-9-14(24(27,28)29)10-18-21(12)30-19(31(18)2)11-16-17(25)4-3-15(20(16)26)22(33)32-7-5-13(6-8-32)23(34)35/h5-6,9-10,14,17H,7-8,11-12H2,1-4H3;4-5,10-11H,6-9,12H2,1-3H3;4-7,16-17,21H,8-10H2,1-3H3;3-4,9-10,13H,5-8,11H2,1-2H3,(H,34,35)/t;;16-,17+,21?;. The van der Waals surface area contributed by atoms with Gasteiger partial charge in [-0.15, -0.1) is 0 Å². The number of carboxylic acids is 1. The maximum atomic E-state index is 14.6. The summed E-state index contributed by atoms with van der Waals surface area (Å²) in [6, 6.07) is 21.0. The highest BCUT2D eigenvalue weighted by Crippen LogP contribution is 2.53. The Morgan fingerprint density at radius 2 is 0.648 bits per heavy atom. The average Bonchev–Trinajstić information content (AvgIpc) is 1.57. The van der Waals surface area contributed by atoms with Crippen LogP contribution in [0.3, 0.4) is 0 Å². The van der Waals surface area contributed by atoms with Crippen molar-refractivity contribution in [1.82, 2.24) is 57.8 Å². The molecule has 4 aromatic heterocycles. The molecule has 5 atom stereocenters. The zero-order chi connectivity index (χ0) is 104. The molecule has 4 amide bonds. The van der Waals surface area contributed by atoms with E-state index < -0.39 is 76.2 Å². The summed E-state index contributed by atoms with van der Waals surface area (Å²) in [6.07, 6.45) is -16.3. The van der Waals surface area contributed by atoms with Crippen molar-refractivity contribution in [2.24, 2.45) is 63.7 Å². The zero-order valence-electron chi connectivity index (χ0n) is 78.2. The molecule has 0 radical (unpaired) electrons. The molecule has 754 valence electrons. The number of nitrogens with zero attached hydrogens (tertiary/aromatic N) is 12. The topological polar surface area (TPSA) is 241 Å². The molecular weight excluding hydrogens is 2040 g/mol. The molecule has 21 nitrogen and oxygen atoms in total. The lowest BCUT2D eigenvalue weighted by Crippen LogP contribution is -2.47. The SMILES string of the molecule is CC(=O)C1(F)CCN(C(=O)c2ccc(Cl)c(Cc3nc4c(C)cc(C(F)(F)F)cc4n3C)c2Cl)CC1.CC(=O)C1CCN(C(=O)c2ccc(Cl)c(Cc3nc4c(C)cc(C(F)(F)F)cc4n3C)c2Cl)CC1C.CC(=O)C1[C@H]2CN(C(=O)c3ccc(Cl)c(Cc4nc5c(C)cc(C(F)(F)F)cc5n4C)c3Cl)C[C@@H]12.Cc1cc(C(F)(F)F)cc2c1nc(Cc1c(Cl)ccc(C(=O)N3CCC(C(=O)O)CC3)c1Cl)n2C. The van der Waals surface area contributed by atoms with E-state index in [0.717, 1.165) is 48.5 Å². The van der Waals surface area contributed by atoms with Gasteiger partial charge in [-0.05, 0) is 227 Å². The number of aliphatic carboxylic acids is 1. The lowest BCUT2D eigenvalue weighted by Gasteiger charge is -2.36. The molecule has 42 heteroatoms. The van der Waals surface area contributed by atoms with Crippen LogP contribution in [-0.2, 0) is 97.8 Å². The number of alkyl halides is 13. The predicted molar refractivity (Wildman–Crippen MR) is 516 cm³/mol. The number of ketones is 3. The minimum absolute atomic E-state index is 0.0376. The summed E-state index contributed by atoms with van der Waals surface area (Å²) in [6.45, 7) is 15.3. The van der Waals surface area contributed by atoms with Crippen LogP contribution in [0.4, 0.5) is 57.1 Å². The van der Waals surface area contributed by atoms with Gasteiger partial charge in [0.2, 0.25) is 0 Å². The first-order valence-corrected chi connectivity index (χ1v) is 47.9. The smallest absolute Gasteiger partial charge is 0.416 e. The molecule has 1 saturated carbocycles. The van der Waals surface area contributed by atoms with E-state index in [1.165, 1.54) is 30.0 Å². The molecule has 1 aliphatic carbocycles. The van der Waals surface area contributed by atoms with Gasteiger partial charge in [-0.1, -0.05) is 99.7 Å². The van der Waals surface area contributed by atoms with Gasteiger partial charge in [0.05, 0.1) is 115 Å². The maximum Gasteiger partial charge on any atom is 0.416 e. The fraction of sp³-hybridized carbons (Fsp3) is 0.400. The van der Waals surface area contributed by atoms with Gasteiger partial charge >= 0.3 is 30.7 Å². The monoisotopic (exact) mass is 2130 g/mol. The van der Waals surface area contributed by atoms with Crippen molar-refractivity contribution in [3.8, 4) is 0 Å². The van der Waals surface area contributed by atoms with Gasteiger partial charge in [0.1, 0.15) is 34.9 Å². The minimum Gasteiger partial charge on any atom is -0.481 e. The number of amides is 4. The Balaban J connectivity index is 0.000000150. The molecular formula is C100H93Cl8F13N12O9. The number of carboxylic acid groups (broad SMARTS) is 1. The van der Waals surface area contributed by atoms with Gasteiger partial charge in [0, 0.05) is 151 Å². The number of hydrogen-bond donors (Lipinski definition) is 1. The van der Waals surface area contributed by atoms with Gasteiger partial charge in [-0.2, -0.15) is 52.7 Å². The fourth-order valence-corrected chi connectivity index (χ4v) is 21.6. The maximum absolute atomic E-state index is 14.6. The molecule has 8 aromatic carbocycles. The summed E-state index contributed by atoms with van der Waals surface area (Å²) in [5.74, 6) is -0.570. The molecule has 12 aromatic rings. The average molecular weight is 2140 g/mol. The number of imidazole rings is 4. The summed E-state index contributed by atoms with van der Waals surface area (Å²) in [4.78, 5) is 124. The highest BCUT2D eigenvalue weighted by atomic mass is 35.5. The number of carbonyl (C=O) groups excluding carboxylic acids is 7. The van der Waals surface area contributed by atoms with E-state index in [9.17, 15) is 101 Å². The fourth-order valence-electron chi connectivity index (χ4n) is 19.3. The van der Waals surface area contributed by atoms with E-state index in [0.29, 0.717) is 197 Å². The van der Waals surface area contributed by atoms with Crippen LogP contribution < -0.4 is 0 Å². The van der Waals surface area contributed by atoms with Gasteiger partial charge in [0.15, 0.2) is 11.5 Å². The second kappa shape index (κ2) is 41.1. The van der Waals surface area contributed by atoms with Crippen molar-refractivity contribution in [2.75, 3.05) is 52.4 Å². The highest BCUT2D eigenvalue weighted by molar-refractivity contribution is 6.40. The molecule has 0 bridgehead atoms. The van der Waals surface area contributed by atoms with Crippen LogP contribution in [0.15, 0.2) is 97.1 Å². The van der Waals surface area contributed by atoms with Crippen molar-refractivity contribution in [2.45, 2.75) is 144 Å². The molecule has 1 N–H and O–H groups in total. The second-order valence-electron chi connectivity index (χ2n) is 36.9. The number of hydrogen-bond acceptors (Lipinski definition) is 12. The first-order chi connectivity index (χ1) is 66.3. The number of piperidine rings is 4. The Kier molecular flexibility index (Phi) is 31.0. The Hall–Kier alpha value is -10.6. The number of benzene rings is 8. The van der Waals surface area contributed by atoms with Crippen LogP contribution in [0.25, 0.3) is 44.1 Å². The van der Waals surface area contributed by atoms with Crippen molar-refractivity contribution >= 4 is 184 Å². The first kappa shape index (κ1) is 107. The Morgan fingerprint density at radius 3 is 0.901 bits per heavy atom. The quantitative estimate of drug-likeness (QED) is 0.0886. The van der Waals surface area contributed by atoms with Crippen LogP contribution in [0.5, 0.6) is 0 Å². The summed E-state index contributed by atoms with van der Waals surface area (Å²) in [7, 11) is 6.51. The number of fused-ring (bicyclic) bond motifs is 5. The van der Waals surface area contributed by atoms with Crippen molar-refractivity contribution in [3.05, 3.63) is 250 Å². The molecule has 3 unspecified atom stereocenters. The largest absolute Gasteiger partial charge is 0.481 e. The number of likely N-dealkylation sites (tertiary alicyclic amines) is 4. The minimum atomic E-state index is -4.49. The van der Waals surface area contributed by atoms with E-state index >= 15 is 0 Å². The van der Waals surface area contributed by atoms with Gasteiger partial charge in [0.25, 0.3) is 23.6 Å². The van der Waals surface area contributed by atoms with Gasteiger partial charge in [-0.3, -0.25) is 38.4 Å². The van der Waals surface area contributed by atoms with Crippen LogP contribution in [0, 0.1) is 63.2 Å². The summed E-state index contributed by atoms with van der Waals surface area (Å²) >= 11 is 52.3. The van der Waals surface area contributed by atoms with E-state index in [-0.39, 0.29) is 147 Å². The second-order valence-corrected chi connectivity index (χ2v) is 40.0. The molecule has 8 heterocycles. The Bertz CT molecular complexity index is 6940. The molecule has 5 aliphatic rings. The third-order valence-corrected chi connectivity index (χ3v) is 30.8. The number of carbonyl (C=O) groups is 8. The summed E-state index contributed by atoms with van der Waals surface area (Å²) in [5.41, 5.74) is 2.56. The van der Waals surface area contributed by atoms with E-state index in [4.69, 9.17) is 92.8 Å². The number of Topliss-reactive ketones (excluding diaryl/α,β-unsaturated/α-hetero) is 3. The number of aromatic nitrogens is 8. The van der Waals surface area contributed by atoms with E-state index in [2.05, 4.69) is 19.9 Å². The van der Waals surface area contributed by atoms with Crippen molar-refractivity contribution < 1.29 is 101 Å². The van der Waals surface area contributed by atoms with Crippen LogP contribution in [-0.4, -0.2) is 168 Å². The lowest BCUT2D eigenvalue weighted by atomic mass is 9.84. The molecule has 5 fully saturated rings. The Labute approximate surface area is 845 Å². The lowest BCUT2D eigenvalue weighted by molar-refractivity contribution is -0.143. The highest BCUT2D eigenvalue weighted by Gasteiger charge is 2.59. The number of halogens is 21. The zero-order valence-corrected chi connectivity index (χ0v) is 84.3. The van der Waals surface area contributed by atoms with Crippen LogP contribution >= 0.6 is 92.8 Å². The molecule has 0 spiro atoms. The normalized spacial score (nSPS) is 17.8. The predicted octanol–water partition coefficient (Wildman–Crippen LogP) is 24.3. The van der Waals surface area contributed by atoms with Gasteiger partial charge < -0.3 is 43.0 Å². The molecule has 4 aliphatic heterocycles. The van der Waals surface area contributed by atoms with Gasteiger partial charge in [-0.25, -0.2) is 24.3 Å².